The highest BCUT2D eigenvalue weighted by Crippen LogP contribution is 2.26. The number of amides is 1. The van der Waals surface area contributed by atoms with Gasteiger partial charge in [0.1, 0.15) is 17.3 Å². The summed E-state index contributed by atoms with van der Waals surface area (Å²) in [4.78, 5) is 12.8. The third-order valence-electron chi connectivity index (χ3n) is 4.35. The van der Waals surface area contributed by atoms with Crippen molar-refractivity contribution in [2.75, 3.05) is 0 Å². The summed E-state index contributed by atoms with van der Waals surface area (Å²) in [6.07, 6.45) is 0. The number of nitrogens with one attached hydrogen (secondary N) is 1. The molecule has 0 bridgehead atoms. The van der Waals surface area contributed by atoms with Crippen LogP contribution in [0.4, 0.5) is 8.78 Å². The molecule has 136 valence electrons. The van der Waals surface area contributed by atoms with Crippen LogP contribution in [0.1, 0.15) is 21.6 Å². The van der Waals surface area contributed by atoms with Gasteiger partial charge in [-0.15, -0.1) is 11.3 Å². The number of halogens is 2. The minimum Gasteiger partial charge on any atom is -0.347 e. The van der Waals surface area contributed by atoms with Gasteiger partial charge in [0.2, 0.25) is 0 Å². The van der Waals surface area contributed by atoms with Gasteiger partial charge < -0.3 is 9.88 Å². The van der Waals surface area contributed by atoms with E-state index in [2.05, 4.69) is 5.32 Å². The second kappa shape index (κ2) is 7.32. The van der Waals surface area contributed by atoms with Crippen LogP contribution in [-0.4, -0.2) is 10.5 Å². The SMILES string of the molecule is O=C(NCc1cccc(F)c1)c1cc2sccc2n1Cc1ccc(F)cc1. The van der Waals surface area contributed by atoms with Crippen molar-refractivity contribution >= 4 is 27.5 Å². The molecule has 0 unspecified atom stereocenters. The molecule has 0 spiro atoms. The quantitative estimate of drug-likeness (QED) is 0.520. The highest BCUT2D eigenvalue weighted by atomic mass is 32.1. The Balaban J connectivity index is 1.59. The van der Waals surface area contributed by atoms with Crippen LogP contribution in [0.2, 0.25) is 0 Å². The summed E-state index contributed by atoms with van der Waals surface area (Å²) in [5.41, 5.74) is 3.08. The van der Waals surface area contributed by atoms with Crippen LogP contribution in [0.15, 0.2) is 66.0 Å². The molecule has 0 saturated carbocycles. The van der Waals surface area contributed by atoms with E-state index >= 15 is 0 Å². The second-order valence-electron chi connectivity index (χ2n) is 6.22. The van der Waals surface area contributed by atoms with Gasteiger partial charge in [0.15, 0.2) is 0 Å². The van der Waals surface area contributed by atoms with E-state index in [0.29, 0.717) is 17.8 Å². The zero-order chi connectivity index (χ0) is 18.8. The Labute approximate surface area is 158 Å². The van der Waals surface area contributed by atoms with Gasteiger partial charge in [-0.1, -0.05) is 24.3 Å². The molecule has 2 heterocycles. The van der Waals surface area contributed by atoms with E-state index in [-0.39, 0.29) is 24.1 Å². The van der Waals surface area contributed by atoms with Crippen LogP contribution < -0.4 is 5.32 Å². The summed E-state index contributed by atoms with van der Waals surface area (Å²) in [6.45, 7) is 0.704. The zero-order valence-corrected chi connectivity index (χ0v) is 15.1. The number of hydrogen-bond donors (Lipinski definition) is 1. The molecule has 3 nitrogen and oxygen atoms in total. The third kappa shape index (κ3) is 3.75. The molecule has 27 heavy (non-hydrogen) atoms. The van der Waals surface area contributed by atoms with Crippen LogP contribution in [-0.2, 0) is 13.1 Å². The minimum absolute atomic E-state index is 0.232. The smallest absolute Gasteiger partial charge is 0.268 e. The second-order valence-corrected chi connectivity index (χ2v) is 7.17. The first-order valence-electron chi connectivity index (χ1n) is 8.44. The van der Waals surface area contributed by atoms with Crippen LogP contribution in [0, 0.1) is 11.6 Å². The average molecular weight is 382 g/mol. The number of hydrogen-bond acceptors (Lipinski definition) is 2. The molecule has 6 heteroatoms. The Hall–Kier alpha value is -2.99. The van der Waals surface area contributed by atoms with Gasteiger partial charge in [0.05, 0.1) is 10.2 Å². The summed E-state index contributed by atoms with van der Waals surface area (Å²) in [5.74, 6) is -0.855. The fourth-order valence-corrected chi connectivity index (χ4v) is 3.85. The highest BCUT2D eigenvalue weighted by molar-refractivity contribution is 7.17. The van der Waals surface area contributed by atoms with Crippen molar-refractivity contribution in [3.05, 3.63) is 94.5 Å². The molecular weight excluding hydrogens is 366 g/mol. The van der Waals surface area contributed by atoms with Crippen LogP contribution >= 0.6 is 11.3 Å². The van der Waals surface area contributed by atoms with E-state index in [1.165, 1.54) is 24.3 Å². The van der Waals surface area contributed by atoms with Gasteiger partial charge in [-0.25, -0.2) is 8.78 Å². The number of benzene rings is 2. The number of rotatable bonds is 5. The summed E-state index contributed by atoms with van der Waals surface area (Å²) in [6, 6.07) is 16.2. The summed E-state index contributed by atoms with van der Waals surface area (Å²) >= 11 is 1.56. The van der Waals surface area contributed by atoms with Crippen LogP contribution in [0.25, 0.3) is 10.2 Å². The Morgan fingerprint density at radius 2 is 1.78 bits per heavy atom. The van der Waals surface area contributed by atoms with E-state index in [4.69, 9.17) is 0 Å². The van der Waals surface area contributed by atoms with E-state index < -0.39 is 0 Å². The predicted molar refractivity (Wildman–Crippen MR) is 103 cm³/mol. The molecule has 4 aromatic rings. The van der Waals surface area contributed by atoms with Gasteiger partial charge in [-0.3, -0.25) is 4.79 Å². The first-order chi connectivity index (χ1) is 13.1. The lowest BCUT2D eigenvalue weighted by molar-refractivity contribution is 0.0942. The topological polar surface area (TPSA) is 34.0 Å². The summed E-state index contributed by atoms with van der Waals surface area (Å²) < 4.78 is 29.4. The molecule has 0 aliphatic rings. The van der Waals surface area contributed by atoms with Gasteiger partial charge in [0, 0.05) is 13.1 Å². The lowest BCUT2D eigenvalue weighted by Gasteiger charge is -2.11. The molecule has 2 aromatic heterocycles. The third-order valence-corrected chi connectivity index (χ3v) is 5.20. The number of carbonyl (C=O) groups is 1. The molecule has 0 aliphatic carbocycles. The predicted octanol–water partition coefficient (Wildman–Crippen LogP) is 4.96. The fraction of sp³-hybridized carbons (Fsp3) is 0.0952. The Morgan fingerprint density at radius 1 is 0.963 bits per heavy atom. The Bertz CT molecular complexity index is 1100. The molecule has 2 aromatic carbocycles. The average Bonchev–Trinajstić information content (AvgIpc) is 3.24. The maximum Gasteiger partial charge on any atom is 0.268 e. The molecule has 0 saturated heterocycles. The van der Waals surface area contributed by atoms with Crippen molar-refractivity contribution in [3.63, 3.8) is 0 Å². The fourth-order valence-electron chi connectivity index (χ4n) is 3.03. The van der Waals surface area contributed by atoms with E-state index in [0.717, 1.165) is 15.8 Å². The molecule has 4 rings (SSSR count). The van der Waals surface area contributed by atoms with Crippen molar-refractivity contribution in [2.24, 2.45) is 0 Å². The highest BCUT2D eigenvalue weighted by Gasteiger charge is 2.16. The van der Waals surface area contributed by atoms with Crippen molar-refractivity contribution in [1.82, 2.24) is 9.88 Å². The molecule has 1 amide bonds. The minimum atomic E-state index is -0.332. The van der Waals surface area contributed by atoms with E-state index in [9.17, 15) is 13.6 Å². The number of carbonyl (C=O) groups excluding carboxylic acids is 1. The first kappa shape index (κ1) is 17.4. The van der Waals surface area contributed by atoms with Gasteiger partial charge >= 0.3 is 0 Å². The van der Waals surface area contributed by atoms with Crippen molar-refractivity contribution in [1.29, 1.82) is 0 Å². The Morgan fingerprint density at radius 3 is 2.56 bits per heavy atom. The summed E-state index contributed by atoms with van der Waals surface area (Å²) in [5, 5.41) is 4.82. The number of nitrogens with zero attached hydrogens (tertiary/aromatic N) is 1. The van der Waals surface area contributed by atoms with Gasteiger partial charge in [-0.05, 0) is 52.9 Å². The molecule has 0 atom stereocenters. The van der Waals surface area contributed by atoms with E-state index in [1.807, 2.05) is 22.1 Å². The Kier molecular flexibility index (Phi) is 4.73. The molecule has 0 fully saturated rings. The van der Waals surface area contributed by atoms with Crippen molar-refractivity contribution in [2.45, 2.75) is 13.1 Å². The molecule has 0 aliphatic heterocycles. The zero-order valence-electron chi connectivity index (χ0n) is 14.3. The number of fused-ring (bicyclic) bond motifs is 1. The number of thiophene rings is 1. The van der Waals surface area contributed by atoms with E-state index in [1.54, 1.807) is 35.6 Å². The number of aromatic nitrogens is 1. The van der Waals surface area contributed by atoms with Crippen LogP contribution in [0.3, 0.4) is 0 Å². The maximum absolute atomic E-state index is 13.3. The molecular formula is C21H16F2N2OS. The monoisotopic (exact) mass is 382 g/mol. The van der Waals surface area contributed by atoms with Gasteiger partial charge in [0.25, 0.3) is 5.91 Å². The normalized spacial score (nSPS) is 11.0. The van der Waals surface area contributed by atoms with Crippen molar-refractivity contribution in [3.8, 4) is 0 Å². The standard InChI is InChI=1S/C21H16F2N2OS/c22-16-6-4-14(5-7-16)13-25-18-8-9-27-20(18)11-19(25)21(26)24-12-15-2-1-3-17(23)10-15/h1-11H,12-13H2,(H,24,26). The molecule has 0 radical (unpaired) electrons. The lowest BCUT2D eigenvalue weighted by atomic mass is 10.2. The lowest BCUT2D eigenvalue weighted by Crippen LogP contribution is -2.25. The molecule has 1 N–H and O–H groups in total. The van der Waals surface area contributed by atoms with Crippen LogP contribution in [0.5, 0.6) is 0 Å². The van der Waals surface area contributed by atoms with Crippen molar-refractivity contribution < 1.29 is 13.6 Å². The first-order valence-corrected chi connectivity index (χ1v) is 9.32. The largest absolute Gasteiger partial charge is 0.347 e. The maximum atomic E-state index is 13.3. The van der Waals surface area contributed by atoms with Gasteiger partial charge in [-0.2, -0.15) is 0 Å². The summed E-state index contributed by atoms with van der Waals surface area (Å²) in [7, 11) is 0.